The van der Waals surface area contributed by atoms with E-state index in [0.29, 0.717) is 0 Å². The van der Waals surface area contributed by atoms with Crippen LogP contribution in [-0.2, 0) is 0 Å². The number of hydrogen-bond donors (Lipinski definition) is 1. The number of benzene rings is 2. The summed E-state index contributed by atoms with van der Waals surface area (Å²) < 4.78 is 0. The van der Waals surface area contributed by atoms with Crippen molar-refractivity contribution in [3.05, 3.63) is 66.2 Å². The van der Waals surface area contributed by atoms with Crippen molar-refractivity contribution in [2.75, 3.05) is 6.26 Å². The first kappa shape index (κ1) is 13.4. The van der Waals surface area contributed by atoms with Crippen LogP contribution in [0.1, 0.15) is 5.56 Å². The Morgan fingerprint density at radius 2 is 1.63 bits per heavy atom. The van der Waals surface area contributed by atoms with E-state index in [2.05, 4.69) is 15.5 Å². The fraction of sp³-hybridized carbons (Fsp3) is 0.0667. The molecule has 0 amide bonds. The minimum Gasteiger partial charge on any atom is -0.256 e. The Kier molecular flexibility index (Phi) is 5.19. The normalized spacial score (nSPS) is 11.7. The summed E-state index contributed by atoms with van der Waals surface area (Å²) in [5, 5.41) is 4.94. The molecular weight excluding hydrogens is 254 g/mol. The fourth-order valence-electron chi connectivity index (χ4n) is 1.44. The maximum absolute atomic E-state index is 4.46. The second kappa shape index (κ2) is 7.38. The molecule has 19 heavy (non-hydrogen) atoms. The van der Waals surface area contributed by atoms with Crippen LogP contribution in [0.25, 0.3) is 0 Å². The molecule has 2 aromatic rings. The molecule has 0 aliphatic carbocycles. The van der Waals surface area contributed by atoms with Crippen molar-refractivity contribution in [3.63, 3.8) is 0 Å². The molecule has 0 heterocycles. The van der Waals surface area contributed by atoms with Crippen molar-refractivity contribution >= 4 is 28.8 Å². The Balaban J connectivity index is 2.00. The van der Waals surface area contributed by atoms with Crippen LogP contribution in [0.2, 0.25) is 0 Å². The van der Waals surface area contributed by atoms with Crippen molar-refractivity contribution < 1.29 is 0 Å². The van der Waals surface area contributed by atoms with Gasteiger partial charge >= 0.3 is 0 Å². The molecule has 0 aromatic heterocycles. The number of nitrogens with one attached hydrogen (secondary N) is 1. The highest BCUT2D eigenvalue weighted by Gasteiger charge is 1.94. The van der Waals surface area contributed by atoms with Gasteiger partial charge in [0.25, 0.3) is 0 Å². The lowest BCUT2D eigenvalue weighted by Crippen LogP contribution is -2.13. The van der Waals surface area contributed by atoms with E-state index in [1.807, 2.05) is 66.9 Å². The minimum atomic E-state index is 0.762. The lowest BCUT2D eigenvalue weighted by Gasteiger charge is -2.01. The average Bonchev–Trinajstić information content (AvgIpc) is 2.48. The SMILES string of the molecule is CSC(=Nc1ccccc1)NN=Cc1ccccc1. The monoisotopic (exact) mass is 269 g/mol. The molecule has 0 saturated carbocycles. The number of aliphatic imine (C=N–C) groups is 1. The lowest BCUT2D eigenvalue weighted by molar-refractivity contribution is 1.05. The first-order valence-corrected chi connectivity index (χ1v) is 7.13. The van der Waals surface area contributed by atoms with Gasteiger partial charge < -0.3 is 0 Å². The third-order valence-electron chi connectivity index (χ3n) is 2.35. The summed E-state index contributed by atoms with van der Waals surface area (Å²) in [6.45, 7) is 0. The predicted molar refractivity (Wildman–Crippen MR) is 84.2 cm³/mol. The summed E-state index contributed by atoms with van der Waals surface area (Å²) in [6.07, 6.45) is 3.74. The fourth-order valence-corrected chi connectivity index (χ4v) is 1.78. The molecule has 0 radical (unpaired) electrons. The van der Waals surface area contributed by atoms with Gasteiger partial charge in [0.15, 0.2) is 5.17 Å². The molecule has 0 fully saturated rings. The number of rotatable bonds is 3. The molecular formula is C15H15N3S. The zero-order valence-electron chi connectivity index (χ0n) is 10.7. The van der Waals surface area contributed by atoms with Crippen LogP contribution < -0.4 is 5.43 Å². The van der Waals surface area contributed by atoms with Gasteiger partial charge in [-0.3, -0.25) is 5.43 Å². The predicted octanol–water partition coefficient (Wildman–Crippen LogP) is 3.66. The van der Waals surface area contributed by atoms with Crippen molar-refractivity contribution in [1.29, 1.82) is 0 Å². The van der Waals surface area contributed by atoms with E-state index < -0.39 is 0 Å². The first-order valence-electron chi connectivity index (χ1n) is 5.90. The van der Waals surface area contributed by atoms with Gasteiger partial charge in [-0.15, -0.1) is 0 Å². The van der Waals surface area contributed by atoms with Crippen molar-refractivity contribution in [1.82, 2.24) is 5.43 Å². The summed E-state index contributed by atoms with van der Waals surface area (Å²) in [5.74, 6) is 0. The smallest absolute Gasteiger partial charge is 0.182 e. The third-order valence-corrected chi connectivity index (χ3v) is 2.92. The molecule has 0 atom stereocenters. The molecule has 0 spiro atoms. The van der Waals surface area contributed by atoms with E-state index in [1.54, 1.807) is 6.21 Å². The van der Waals surface area contributed by atoms with Gasteiger partial charge in [0, 0.05) is 0 Å². The second-order valence-corrected chi connectivity index (χ2v) is 4.53. The Bertz CT molecular complexity index is 550. The van der Waals surface area contributed by atoms with Gasteiger partial charge in [-0.2, -0.15) is 5.10 Å². The molecule has 4 heteroatoms. The van der Waals surface area contributed by atoms with E-state index >= 15 is 0 Å². The molecule has 0 saturated heterocycles. The molecule has 2 aromatic carbocycles. The standard InChI is InChI=1S/C15H15N3S/c1-19-15(17-14-10-6-3-7-11-14)18-16-12-13-8-4-2-5-9-13/h2-12H,1H3,(H,17,18). The number of thioether (sulfide) groups is 1. The van der Waals surface area contributed by atoms with E-state index in [1.165, 1.54) is 11.8 Å². The van der Waals surface area contributed by atoms with Crippen LogP contribution in [-0.4, -0.2) is 17.6 Å². The van der Waals surface area contributed by atoms with E-state index in [0.717, 1.165) is 16.4 Å². The molecule has 96 valence electrons. The largest absolute Gasteiger partial charge is 0.256 e. The van der Waals surface area contributed by atoms with Crippen LogP contribution in [0.4, 0.5) is 5.69 Å². The summed E-state index contributed by atoms with van der Waals surface area (Å²) in [6, 6.07) is 19.7. The summed E-state index contributed by atoms with van der Waals surface area (Å²) in [4.78, 5) is 4.46. The van der Waals surface area contributed by atoms with Crippen LogP contribution >= 0.6 is 11.8 Å². The van der Waals surface area contributed by atoms with Crippen LogP contribution in [0.15, 0.2) is 70.8 Å². The first-order chi connectivity index (χ1) is 9.38. The number of amidine groups is 1. The highest BCUT2D eigenvalue weighted by atomic mass is 32.2. The Morgan fingerprint density at radius 1 is 1.00 bits per heavy atom. The molecule has 0 aliphatic heterocycles. The van der Waals surface area contributed by atoms with E-state index in [-0.39, 0.29) is 0 Å². The lowest BCUT2D eigenvalue weighted by atomic mass is 10.2. The highest BCUT2D eigenvalue weighted by molar-refractivity contribution is 8.13. The van der Waals surface area contributed by atoms with Gasteiger partial charge in [-0.05, 0) is 24.0 Å². The van der Waals surface area contributed by atoms with E-state index in [9.17, 15) is 0 Å². The summed E-state index contributed by atoms with van der Waals surface area (Å²) >= 11 is 1.53. The highest BCUT2D eigenvalue weighted by Crippen LogP contribution is 2.12. The Labute approximate surface area is 117 Å². The number of para-hydroxylation sites is 1. The van der Waals surface area contributed by atoms with Gasteiger partial charge in [0.05, 0.1) is 11.9 Å². The Hall–Kier alpha value is -2.07. The number of hydrazone groups is 1. The maximum Gasteiger partial charge on any atom is 0.182 e. The molecule has 0 unspecified atom stereocenters. The van der Waals surface area contributed by atoms with Gasteiger partial charge in [0.2, 0.25) is 0 Å². The van der Waals surface area contributed by atoms with Gasteiger partial charge in [-0.1, -0.05) is 60.3 Å². The summed E-state index contributed by atoms with van der Waals surface area (Å²) in [7, 11) is 0. The molecule has 3 nitrogen and oxygen atoms in total. The van der Waals surface area contributed by atoms with Gasteiger partial charge in [-0.25, -0.2) is 4.99 Å². The molecule has 0 bridgehead atoms. The van der Waals surface area contributed by atoms with Crippen molar-refractivity contribution in [2.45, 2.75) is 0 Å². The number of hydrogen-bond acceptors (Lipinski definition) is 3. The zero-order valence-corrected chi connectivity index (χ0v) is 11.5. The van der Waals surface area contributed by atoms with Crippen LogP contribution in [0.5, 0.6) is 0 Å². The van der Waals surface area contributed by atoms with Crippen molar-refractivity contribution in [2.24, 2.45) is 10.1 Å². The van der Waals surface area contributed by atoms with Crippen LogP contribution in [0, 0.1) is 0 Å². The molecule has 0 aliphatic rings. The number of nitrogens with zero attached hydrogens (tertiary/aromatic N) is 2. The third kappa shape index (κ3) is 4.60. The summed E-state index contributed by atoms with van der Waals surface area (Å²) in [5.41, 5.74) is 4.91. The topological polar surface area (TPSA) is 36.8 Å². The Morgan fingerprint density at radius 3 is 2.26 bits per heavy atom. The van der Waals surface area contributed by atoms with E-state index in [4.69, 9.17) is 0 Å². The zero-order chi connectivity index (χ0) is 13.3. The average molecular weight is 269 g/mol. The molecule has 2 rings (SSSR count). The maximum atomic E-state index is 4.46. The van der Waals surface area contributed by atoms with Crippen molar-refractivity contribution in [3.8, 4) is 0 Å². The molecule has 1 N–H and O–H groups in total. The van der Waals surface area contributed by atoms with Crippen LogP contribution in [0.3, 0.4) is 0 Å². The second-order valence-electron chi connectivity index (χ2n) is 3.74. The quantitative estimate of drug-likeness (QED) is 0.524. The van der Waals surface area contributed by atoms with Gasteiger partial charge in [0.1, 0.15) is 0 Å². The minimum absolute atomic E-state index is 0.762.